The molecule has 0 atom stereocenters. The first-order chi connectivity index (χ1) is 12.1. The van der Waals surface area contributed by atoms with E-state index >= 15 is 0 Å². The van der Waals surface area contributed by atoms with Gasteiger partial charge in [-0.2, -0.15) is 4.31 Å². The van der Waals surface area contributed by atoms with Crippen LogP contribution in [0.2, 0.25) is 0 Å². The lowest BCUT2D eigenvalue weighted by Gasteiger charge is -2.38. The van der Waals surface area contributed by atoms with E-state index < -0.39 is 15.8 Å². The summed E-state index contributed by atoms with van der Waals surface area (Å²) in [5.74, 6) is 0.365. The first-order valence-corrected chi connectivity index (χ1v) is 10.1. The number of rotatable bonds is 3. The molecule has 1 aromatic heterocycles. The van der Waals surface area contributed by atoms with E-state index in [1.165, 1.54) is 10.5 Å². The predicted molar refractivity (Wildman–Crippen MR) is 89.9 cm³/mol. The molecule has 4 rings (SSSR count). The van der Waals surface area contributed by atoms with Crippen molar-refractivity contribution in [3.63, 3.8) is 0 Å². The van der Waals surface area contributed by atoms with E-state index in [-0.39, 0.29) is 4.90 Å². The molecule has 0 radical (unpaired) electrons. The summed E-state index contributed by atoms with van der Waals surface area (Å²) in [6.45, 7) is 4.52. The molecule has 9 heteroatoms. The van der Waals surface area contributed by atoms with Gasteiger partial charge in [0.25, 0.3) is 0 Å². The highest BCUT2D eigenvalue weighted by molar-refractivity contribution is 7.89. The van der Waals surface area contributed by atoms with Crippen molar-refractivity contribution in [3.05, 3.63) is 18.3 Å². The molecule has 3 aliphatic heterocycles. The lowest BCUT2D eigenvalue weighted by molar-refractivity contribution is -0.169. The van der Waals surface area contributed by atoms with Gasteiger partial charge >= 0.3 is 0 Å². The molecular formula is C16H23N3O5S. The van der Waals surface area contributed by atoms with Gasteiger partial charge in [0.2, 0.25) is 10.0 Å². The Morgan fingerprint density at radius 2 is 1.64 bits per heavy atom. The Kier molecular flexibility index (Phi) is 4.67. The zero-order valence-electron chi connectivity index (χ0n) is 14.1. The molecule has 1 aromatic rings. The second kappa shape index (κ2) is 6.81. The van der Waals surface area contributed by atoms with Gasteiger partial charge in [-0.15, -0.1) is 0 Å². The van der Waals surface area contributed by atoms with Crippen LogP contribution in [0.5, 0.6) is 0 Å². The number of anilines is 1. The summed E-state index contributed by atoms with van der Waals surface area (Å²) in [6, 6.07) is 3.42. The Bertz CT molecular complexity index is 687. The number of piperidine rings is 1. The third-order valence-corrected chi connectivity index (χ3v) is 6.87. The summed E-state index contributed by atoms with van der Waals surface area (Å²) >= 11 is 0. The maximum Gasteiger partial charge on any atom is 0.244 e. The summed E-state index contributed by atoms with van der Waals surface area (Å²) in [7, 11) is -3.50. The molecule has 3 fully saturated rings. The molecule has 0 aromatic carbocycles. The lowest BCUT2D eigenvalue weighted by atomic mass is 10.0. The van der Waals surface area contributed by atoms with Crippen LogP contribution in [0.4, 0.5) is 5.82 Å². The van der Waals surface area contributed by atoms with Crippen molar-refractivity contribution in [2.24, 2.45) is 0 Å². The fourth-order valence-electron chi connectivity index (χ4n) is 3.51. The van der Waals surface area contributed by atoms with Crippen LogP contribution in [0.25, 0.3) is 0 Å². The maximum atomic E-state index is 12.6. The van der Waals surface area contributed by atoms with Crippen LogP contribution < -0.4 is 4.90 Å². The molecule has 4 heterocycles. The van der Waals surface area contributed by atoms with Crippen LogP contribution in [0, 0.1) is 0 Å². The van der Waals surface area contributed by atoms with Gasteiger partial charge in [0.1, 0.15) is 10.7 Å². The maximum absolute atomic E-state index is 12.6. The molecule has 138 valence electrons. The fourth-order valence-corrected chi connectivity index (χ4v) is 4.86. The molecular weight excluding hydrogens is 346 g/mol. The quantitative estimate of drug-likeness (QED) is 0.765. The summed E-state index contributed by atoms with van der Waals surface area (Å²) < 4.78 is 43.4. The molecule has 0 N–H and O–H groups in total. The standard InChI is InChI=1S/C16H23N3O5S/c20-25(21,19-7-9-22-10-8-19)14-1-2-15(17-13-14)18-5-3-16(4-6-18)23-11-12-24-16/h1-2,13H,3-12H2. The lowest BCUT2D eigenvalue weighted by Crippen LogP contribution is -2.45. The van der Waals surface area contributed by atoms with Gasteiger partial charge in [-0.1, -0.05) is 0 Å². The average Bonchev–Trinajstić information content (AvgIpc) is 3.11. The normalized spacial score (nSPS) is 24.7. The van der Waals surface area contributed by atoms with Crippen molar-refractivity contribution < 1.29 is 22.6 Å². The van der Waals surface area contributed by atoms with E-state index in [4.69, 9.17) is 14.2 Å². The zero-order valence-corrected chi connectivity index (χ0v) is 14.9. The summed E-state index contributed by atoms with van der Waals surface area (Å²) in [5.41, 5.74) is 0. The van der Waals surface area contributed by atoms with Gasteiger partial charge in [0.15, 0.2) is 5.79 Å². The van der Waals surface area contributed by atoms with Gasteiger partial charge < -0.3 is 19.1 Å². The largest absolute Gasteiger partial charge is 0.379 e. The van der Waals surface area contributed by atoms with Crippen molar-refractivity contribution in [1.82, 2.24) is 9.29 Å². The molecule has 3 saturated heterocycles. The predicted octanol–water partition coefficient (Wildman–Crippen LogP) is 0.446. The van der Waals surface area contributed by atoms with Gasteiger partial charge in [-0.3, -0.25) is 0 Å². The third kappa shape index (κ3) is 3.39. The number of hydrogen-bond donors (Lipinski definition) is 0. The van der Waals surface area contributed by atoms with Crippen LogP contribution in [-0.2, 0) is 24.2 Å². The van der Waals surface area contributed by atoms with Crippen molar-refractivity contribution in [2.45, 2.75) is 23.5 Å². The highest BCUT2D eigenvalue weighted by atomic mass is 32.2. The minimum atomic E-state index is -3.50. The Labute approximate surface area is 147 Å². The number of sulfonamides is 1. The van der Waals surface area contributed by atoms with Gasteiger partial charge in [0.05, 0.1) is 26.4 Å². The van der Waals surface area contributed by atoms with E-state index in [0.29, 0.717) is 39.5 Å². The summed E-state index contributed by atoms with van der Waals surface area (Å²) in [4.78, 5) is 6.76. The molecule has 0 bridgehead atoms. The Morgan fingerprint density at radius 1 is 0.960 bits per heavy atom. The second-order valence-electron chi connectivity index (χ2n) is 6.46. The van der Waals surface area contributed by atoms with Gasteiger partial charge in [-0.05, 0) is 12.1 Å². The highest BCUT2D eigenvalue weighted by Gasteiger charge is 2.40. The van der Waals surface area contributed by atoms with Crippen LogP contribution in [-0.4, -0.2) is 76.1 Å². The zero-order chi connectivity index (χ0) is 17.3. The van der Waals surface area contributed by atoms with Crippen LogP contribution in [0.15, 0.2) is 23.2 Å². The SMILES string of the molecule is O=S(=O)(c1ccc(N2CCC3(CC2)OCCO3)nc1)N1CCOCC1. The Hall–Kier alpha value is -1.26. The van der Waals surface area contributed by atoms with Crippen molar-refractivity contribution in [3.8, 4) is 0 Å². The molecule has 0 unspecified atom stereocenters. The van der Waals surface area contributed by atoms with Crippen molar-refractivity contribution in [2.75, 3.05) is 57.5 Å². The Morgan fingerprint density at radius 3 is 2.24 bits per heavy atom. The third-order valence-electron chi connectivity index (χ3n) is 4.99. The number of ether oxygens (including phenoxy) is 3. The smallest absolute Gasteiger partial charge is 0.244 e. The summed E-state index contributed by atoms with van der Waals surface area (Å²) in [5, 5.41) is 0. The first-order valence-electron chi connectivity index (χ1n) is 8.66. The van der Waals surface area contributed by atoms with E-state index in [2.05, 4.69) is 9.88 Å². The molecule has 0 amide bonds. The minimum absolute atomic E-state index is 0.231. The molecule has 0 aliphatic carbocycles. The van der Waals surface area contributed by atoms with Crippen molar-refractivity contribution in [1.29, 1.82) is 0 Å². The monoisotopic (exact) mass is 369 g/mol. The molecule has 8 nitrogen and oxygen atoms in total. The Balaban J connectivity index is 1.43. The topological polar surface area (TPSA) is 81.2 Å². The highest BCUT2D eigenvalue weighted by Crippen LogP contribution is 2.32. The van der Waals surface area contributed by atoms with Gasteiger partial charge in [0, 0.05) is 45.2 Å². The van der Waals surface area contributed by atoms with E-state index in [9.17, 15) is 8.42 Å². The molecule has 25 heavy (non-hydrogen) atoms. The first kappa shape index (κ1) is 17.2. The van der Waals surface area contributed by atoms with Crippen LogP contribution in [0.1, 0.15) is 12.8 Å². The molecule has 1 spiro atoms. The minimum Gasteiger partial charge on any atom is -0.379 e. The molecule has 0 saturated carbocycles. The average molecular weight is 369 g/mol. The second-order valence-corrected chi connectivity index (χ2v) is 8.40. The van der Waals surface area contributed by atoms with E-state index in [1.807, 2.05) is 0 Å². The number of pyridine rings is 1. The van der Waals surface area contributed by atoms with E-state index in [0.717, 1.165) is 31.7 Å². The number of morpholine rings is 1. The number of nitrogens with zero attached hydrogens (tertiary/aromatic N) is 3. The van der Waals surface area contributed by atoms with Crippen molar-refractivity contribution >= 4 is 15.8 Å². The van der Waals surface area contributed by atoms with Crippen LogP contribution >= 0.6 is 0 Å². The van der Waals surface area contributed by atoms with Crippen LogP contribution in [0.3, 0.4) is 0 Å². The number of aromatic nitrogens is 1. The summed E-state index contributed by atoms with van der Waals surface area (Å²) in [6.07, 6.45) is 3.04. The fraction of sp³-hybridized carbons (Fsp3) is 0.688. The molecule has 3 aliphatic rings. The van der Waals surface area contributed by atoms with Gasteiger partial charge in [-0.25, -0.2) is 13.4 Å². The number of hydrogen-bond acceptors (Lipinski definition) is 7. The van der Waals surface area contributed by atoms with E-state index in [1.54, 1.807) is 12.1 Å².